The predicted molar refractivity (Wildman–Crippen MR) is 243 cm³/mol. The molecule has 2 aromatic rings. The first-order valence-electron chi connectivity index (χ1n) is 23.5. The van der Waals surface area contributed by atoms with E-state index in [2.05, 4.69) is 101 Å². The molecule has 304 valence electrons. The van der Waals surface area contributed by atoms with Crippen molar-refractivity contribution >= 4 is 11.4 Å². The maximum absolute atomic E-state index is 12.1. The Morgan fingerprint density at radius 2 is 0.782 bits per heavy atom. The van der Waals surface area contributed by atoms with Gasteiger partial charge >= 0.3 is 0 Å². The van der Waals surface area contributed by atoms with E-state index in [4.69, 9.17) is 0 Å². The van der Waals surface area contributed by atoms with E-state index in [0.29, 0.717) is 0 Å². The van der Waals surface area contributed by atoms with Crippen LogP contribution >= 0.6 is 0 Å². The van der Waals surface area contributed by atoms with Crippen LogP contribution in [-0.4, -0.2) is 4.70 Å². The second-order valence-electron chi connectivity index (χ2n) is 16.5. The van der Waals surface area contributed by atoms with Crippen molar-refractivity contribution in [2.24, 2.45) is 0 Å². The van der Waals surface area contributed by atoms with Crippen molar-refractivity contribution in [1.82, 2.24) is 0 Å². The van der Waals surface area contributed by atoms with Crippen molar-refractivity contribution in [1.29, 1.82) is 0 Å². The smallest absolute Gasteiger partial charge is 0.211 e. The lowest BCUT2D eigenvalue weighted by Gasteiger charge is -2.15. The highest BCUT2D eigenvalue weighted by Crippen LogP contribution is 2.44. The first-order valence-corrected chi connectivity index (χ1v) is 23.5. The summed E-state index contributed by atoms with van der Waals surface area (Å²) in [5, 5.41) is 0. The van der Waals surface area contributed by atoms with E-state index in [1.165, 1.54) is 162 Å². The molecule has 1 aliphatic heterocycles. The minimum atomic E-state index is 0.979. The lowest BCUT2D eigenvalue weighted by atomic mass is 9.93. The fourth-order valence-corrected chi connectivity index (χ4v) is 8.35. The Balaban J connectivity index is 1.53. The Labute approximate surface area is 340 Å². The third-order valence-electron chi connectivity index (χ3n) is 11.8. The van der Waals surface area contributed by atoms with Gasteiger partial charge in [0.05, 0.1) is 0 Å². The molecule has 0 atom stereocenters. The Hall–Kier alpha value is -3.00. The second-order valence-corrected chi connectivity index (χ2v) is 16.5. The molecule has 0 saturated carbocycles. The summed E-state index contributed by atoms with van der Waals surface area (Å²) in [4.78, 5) is 0. The van der Waals surface area contributed by atoms with E-state index >= 15 is 0 Å². The third kappa shape index (κ3) is 17.8. The van der Waals surface area contributed by atoms with Gasteiger partial charge in [0.25, 0.3) is 0 Å². The summed E-state index contributed by atoms with van der Waals surface area (Å²) in [5.74, 6) is 0. The molecule has 2 heteroatoms. The Morgan fingerprint density at radius 3 is 1.22 bits per heavy atom. The zero-order valence-electron chi connectivity index (χ0n) is 36.3. The average molecular weight is 747 g/mol. The first kappa shape index (κ1) is 46.4. The van der Waals surface area contributed by atoms with E-state index in [9.17, 15) is 5.53 Å². The molecule has 1 heterocycles. The van der Waals surface area contributed by atoms with Crippen LogP contribution in [0.5, 0.6) is 0 Å². The van der Waals surface area contributed by atoms with E-state index in [-0.39, 0.29) is 0 Å². The predicted octanol–water partition coefficient (Wildman–Crippen LogP) is 17.7. The maximum Gasteiger partial charge on any atom is 0.211 e. The molecule has 1 aliphatic rings. The van der Waals surface area contributed by atoms with Gasteiger partial charge in [-0.3, -0.25) is 0 Å². The number of allylic oxidation sites excluding steroid dienone is 6. The number of nitrogens with zero attached hydrogens (tertiary/aromatic N) is 2. The van der Waals surface area contributed by atoms with E-state index in [1.807, 2.05) is 0 Å². The number of hydrogen-bond donors (Lipinski definition) is 0. The molecule has 0 saturated heterocycles. The van der Waals surface area contributed by atoms with Gasteiger partial charge in [0.15, 0.2) is 0 Å². The largest absolute Gasteiger partial charge is 0.493 e. The van der Waals surface area contributed by atoms with Crippen molar-refractivity contribution in [3.8, 4) is 0 Å². The van der Waals surface area contributed by atoms with Gasteiger partial charge in [0.1, 0.15) is 0 Å². The van der Waals surface area contributed by atoms with Gasteiger partial charge in [-0.15, -0.1) is 0 Å². The molecule has 2 aromatic carbocycles. The molecule has 0 amide bonds. The lowest BCUT2D eigenvalue weighted by Crippen LogP contribution is -2.06. The monoisotopic (exact) mass is 747 g/mol. The molecule has 0 spiro atoms. The van der Waals surface area contributed by atoms with Gasteiger partial charge in [0.2, 0.25) is 11.4 Å². The van der Waals surface area contributed by atoms with Crippen LogP contribution in [0.15, 0.2) is 84.0 Å². The van der Waals surface area contributed by atoms with Gasteiger partial charge in [-0.05, 0) is 107 Å². The molecule has 0 aromatic heterocycles. The van der Waals surface area contributed by atoms with Crippen LogP contribution in [0.3, 0.4) is 0 Å². The SMILES string of the molecule is CCCCCCCCCCCC=CCCCc1ccccc1C1=C(C)C(CCCC)=C(c2ccccc2CCCC=CCCCCCCCCCCC)[N+]1=[N-]. The molecule has 3 rings (SSSR count). The van der Waals surface area contributed by atoms with E-state index in [1.54, 1.807) is 4.70 Å². The summed E-state index contributed by atoms with van der Waals surface area (Å²) in [6.07, 6.45) is 46.8. The van der Waals surface area contributed by atoms with Crippen molar-refractivity contribution in [3.63, 3.8) is 0 Å². The molecule has 2 nitrogen and oxygen atoms in total. The van der Waals surface area contributed by atoms with Crippen LogP contribution in [0.2, 0.25) is 0 Å². The molecule has 0 unspecified atom stereocenters. The number of benzene rings is 2. The fraction of sp³-hybridized carbons (Fsp3) is 0.623. The summed E-state index contributed by atoms with van der Waals surface area (Å²) in [6.45, 7) is 9.09. The minimum absolute atomic E-state index is 0.979. The summed E-state index contributed by atoms with van der Waals surface area (Å²) < 4.78 is 1.56. The molecule has 0 bridgehead atoms. The van der Waals surface area contributed by atoms with Gasteiger partial charge in [-0.2, -0.15) is 0 Å². The maximum atomic E-state index is 12.1. The summed E-state index contributed by atoms with van der Waals surface area (Å²) >= 11 is 0. The van der Waals surface area contributed by atoms with Crippen LogP contribution in [0.4, 0.5) is 0 Å². The van der Waals surface area contributed by atoms with E-state index in [0.717, 1.165) is 69.2 Å². The zero-order valence-corrected chi connectivity index (χ0v) is 36.3. The molecule has 0 N–H and O–H groups in total. The van der Waals surface area contributed by atoms with Crippen LogP contribution in [-0.2, 0) is 12.8 Å². The summed E-state index contributed by atoms with van der Waals surface area (Å²) in [7, 11) is 0. The normalized spacial score (nSPS) is 13.5. The van der Waals surface area contributed by atoms with Gasteiger partial charge < -0.3 is 5.53 Å². The van der Waals surface area contributed by atoms with Crippen molar-refractivity contribution < 1.29 is 4.70 Å². The lowest BCUT2D eigenvalue weighted by molar-refractivity contribution is -0.345. The van der Waals surface area contributed by atoms with Gasteiger partial charge in [0, 0.05) is 22.3 Å². The zero-order chi connectivity index (χ0) is 39.2. The van der Waals surface area contributed by atoms with Crippen molar-refractivity contribution in [2.45, 2.75) is 214 Å². The topological polar surface area (TPSA) is 25.3 Å². The number of hydrogen-bond acceptors (Lipinski definition) is 0. The Kier molecular flexibility index (Phi) is 25.4. The van der Waals surface area contributed by atoms with Crippen molar-refractivity contribution in [3.05, 3.63) is 112 Å². The standard InChI is InChI=1S/C53H82N2/c1-5-8-11-13-15-17-19-21-23-25-27-29-31-33-39-47-41-35-37-44-50(47)52-46(4)49(43-10-7-3)53(55(52)54)51-45-38-36-42-48(51)40-34-32-30-28-26-24-22-20-18-16-14-12-9-6-2/h27-30,35-38,41-42,44-45H,5-26,31-34,39-40,43H2,1-4H3. The molecular formula is C53H82N2. The Morgan fingerprint density at radius 1 is 0.418 bits per heavy atom. The van der Waals surface area contributed by atoms with Gasteiger partial charge in [-0.1, -0.05) is 191 Å². The molecule has 0 aliphatic carbocycles. The fourth-order valence-electron chi connectivity index (χ4n) is 8.35. The van der Waals surface area contributed by atoms with Crippen LogP contribution in [0, 0.1) is 0 Å². The highest BCUT2D eigenvalue weighted by atomic mass is 15.2. The minimum Gasteiger partial charge on any atom is -0.493 e. The summed E-state index contributed by atoms with van der Waals surface area (Å²) in [5.41, 5.74) is 21.7. The summed E-state index contributed by atoms with van der Waals surface area (Å²) in [6, 6.07) is 17.6. The number of unbranched alkanes of at least 4 members (excludes halogenated alkanes) is 21. The molecule has 0 fully saturated rings. The second kappa shape index (κ2) is 30.2. The third-order valence-corrected chi connectivity index (χ3v) is 11.8. The van der Waals surface area contributed by atoms with Crippen LogP contribution < -0.4 is 0 Å². The number of rotatable bonds is 33. The number of aryl methyl sites for hydroxylation is 2. The molecule has 0 radical (unpaired) electrons. The Bertz CT molecular complexity index is 1450. The highest BCUT2D eigenvalue weighted by molar-refractivity contribution is 5.83. The molecular weight excluding hydrogens is 665 g/mol. The average Bonchev–Trinajstić information content (AvgIpc) is 3.45. The highest BCUT2D eigenvalue weighted by Gasteiger charge is 2.35. The quantitative estimate of drug-likeness (QED) is 0.0395. The van der Waals surface area contributed by atoms with Gasteiger partial charge in [-0.25, -0.2) is 4.70 Å². The molecule has 55 heavy (non-hydrogen) atoms. The van der Waals surface area contributed by atoms with E-state index < -0.39 is 0 Å². The van der Waals surface area contributed by atoms with Crippen LogP contribution in [0.1, 0.15) is 223 Å². The van der Waals surface area contributed by atoms with Crippen molar-refractivity contribution in [2.75, 3.05) is 0 Å². The van der Waals surface area contributed by atoms with Crippen LogP contribution in [0.25, 0.3) is 16.9 Å². The first-order chi connectivity index (χ1) is 27.1.